The Morgan fingerprint density at radius 2 is 2.42 bits per heavy atom. The zero-order valence-electron chi connectivity index (χ0n) is 6.81. The van der Waals surface area contributed by atoms with E-state index >= 15 is 0 Å². The summed E-state index contributed by atoms with van der Waals surface area (Å²) in [7, 11) is 0. The summed E-state index contributed by atoms with van der Waals surface area (Å²) >= 11 is 0. The van der Waals surface area contributed by atoms with E-state index in [1.807, 2.05) is 4.90 Å². The topological polar surface area (TPSA) is 52.9 Å². The Kier molecular flexibility index (Phi) is 1.84. The van der Waals surface area contributed by atoms with Crippen LogP contribution in [-0.2, 0) is 4.79 Å². The molecule has 2 aliphatic heterocycles. The molecule has 0 saturated carbocycles. The second-order valence-corrected chi connectivity index (χ2v) is 3.31. The van der Waals surface area contributed by atoms with Crippen LogP contribution in [0.15, 0.2) is 4.99 Å². The lowest BCUT2D eigenvalue weighted by Gasteiger charge is -2.42. The van der Waals surface area contributed by atoms with E-state index in [2.05, 4.69) is 4.99 Å². The number of aliphatic carboxylic acids is 1. The molecular formula is C8H12N2O2. The van der Waals surface area contributed by atoms with Crippen molar-refractivity contribution in [1.29, 1.82) is 0 Å². The van der Waals surface area contributed by atoms with Gasteiger partial charge < -0.3 is 5.11 Å². The number of carbonyl (C=O) groups is 1. The van der Waals surface area contributed by atoms with Crippen LogP contribution in [0.25, 0.3) is 0 Å². The first-order valence-electron chi connectivity index (χ1n) is 4.27. The fraction of sp³-hybridized carbons (Fsp3) is 0.750. The second kappa shape index (κ2) is 2.86. The molecule has 2 atom stereocenters. The predicted molar refractivity (Wildman–Crippen MR) is 44.5 cm³/mol. The maximum atomic E-state index is 10.8. The van der Waals surface area contributed by atoms with E-state index in [0.29, 0.717) is 6.04 Å². The van der Waals surface area contributed by atoms with Gasteiger partial charge in [0.25, 0.3) is 0 Å². The van der Waals surface area contributed by atoms with Gasteiger partial charge in [0.1, 0.15) is 6.04 Å². The van der Waals surface area contributed by atoms with Crippen molar-refractivity contribution < 1.29 is 9.90 Å². The summed E-state index contributed by atoms with van der Waals surface area (Å²) in [6.45, 7) is 1.69. The van der Waals surface area contributed by atoms with Crippen molar-refractivity contribution in [2.24, 2.45) is 4.99 Å². The minimum atomic E-state index is -0.773. The van der Waals surface area contributed by atoms with Crippen LogP contribution in [0.3, 0.4) is 0 Å². The average Bonchev–Trinajstić information content (AvgIpc) is 2.10. The number of carboxylic acids is 1. The third-order valence-corrected chi connectivity index (χ3v) is 2.64. The summed E-state index contributed by atoms with van der Waals surface area (Å²) in [6.07, 6.45) is 3.72. The number of hydrogen-bond donors (Lipinski definition) is 1. The molecule has 12 heavy (non-hydrogen) atoms. The van der Waals surface area contributed by atoms with Crippen LogP contribution in [0.5, 0.6) is 0 Å². The highest BCUT2D eigenvalue weighted by Gasteiger charge is 2.37. The molecule has 0 bridgehead atoms. The first kappa shape index (κ1) is 7.73. The highest BCUT2D eigenvalue weighted by molar-refractivity contribution is 5.93. The van der Waals surface area contributed by atoms with Gasteiger partial charge in [-0.2, -0.15) is 0 Å². The van der Waals surface area contributed by atoms with Gasteiger partial charge in [0.2, 0.25) is 0 Å². The van der Waals surface area contributed by atoms with E-state index in [9.17, 15) is 4.79 Å². The van der Waals surface area contributed by atoms with Crippen molar-refractivity contribution in [2.45, 2.75) is 24.9 Å². The Hall–Kier alpha value is -0.900. The largest absolute Gasteiger partial charge is 0.480 e. The van der Waals surface area contributed by atoms with E-state index in [-0.39, 0.29) is 0 Å². The average molecular weight is 168 g/mol. The third-order valence-electron chi connectivity index (χ3n) is 2.64. The lowest BCUT2D eigenvalue weighted by atomic mass is 9.98. The van der Waals surface area contributed by atoms with Gasteiger partial charge in [-0.15, -0.1) is 0 Å². The molecule has 0 aromatic carbocycles. The van der Waals surface area contributed by atoms with Crippen LogP contribution < -0.4 is 0 Å². The summed E-state index contributed by atoms with van der Waals surface area (Å²) in [5, 5.41) is 8.85. The summed E-state index contributed by atoms with van der Waals surface area (Å²) in [5.74, 6) is -0.773. The zero-order valence-corrected chi connectivity index (χ0v) is 6.81. The lowest BCUT2D eigenvalue weighted by Crippen LogP contribution is -2.55. The minimum absolute atomic E-state index is 0.466. The molecule has 0 amide bonds. The first-order valence-corrected chi connectivity index (χ1v) is 4.27. The van der Waals surface area contributed by atoms with Crippen LogP contribution >= 0.6 is 0 Å². The van der Waals surface area contributed by atoms with Crippen LogP contribution in [0.2, 0.25) is 0 Å². The van der Waals surface area contributed by atoms with E-state index in [1.165, 1.54) is 0 Å². The molecule has 0 aromatic rings. The highest BCUT2D eigenvalue weighted by atomic mass is 16.4. The van der Waals surface area contributed by atoms with Gasteiger partial charge in [0, 0.05) is 25.3 Å². The molecule has 0 aromatic heterocycles. The standard InChI is InChI=1S/C8H12N2O2/c11-8(12)7-5-9-3-1-6-2-4-10(6)7/h5-7H,1-4H2,(H,11,12). The monoisotopic (exact) mass is 168 g/mol. The van der Waals surface area contributed by atoms with Gasteiger partial charge in [-0.25, -0.2) is 0 Å². The summed E-state index contributed by atoms with van der Waals surface area (Å²) in [6, 6.07) is -0.000139. The van der Waals surface area contributed by atoms with Crippen LogP contribution in [0, 0.1) is 0 Å². The molecule has 0 radical (unpaired) electrons. The fourth-order valence-corrected chi connectivity index (χ4v) is 1.83. The smallest absolute Gasteiger partial charge is 0.326 e. The Labute approximate surface area is 70.9 Å². The van der Waals surface area contributed by atoms with Crippen LogP contribution in [-0.4, -0.2) is 47.4 Å². The molecule has 1 saturated heterocycles. The summed E-state index contributed by atoms with van der Waals surface area (Å²) in [4.78, 5) is 16.8. The number of aliphatic imine (C=N–C) groups is 1. The van der Waals surface area contributed by atoms with Crippen molar-refractivity contribution in [3.05, 3.63) is 0 Å². The number of nitrogens with zero attached hydrogens (tertiary/aromatic N) is 2. The molecule has 2 unspecified atom stereocenters. The Morgan fingerprint density at radius 1 is 1.58 bits per heavy atom. The van der Waals surface area contributed by atoms with Crippen molar-refractivity contribution in [1.82, 2.24) is 4.90 Å². The zero-order chi connectivity index (χ0) is 8.55. The van der Waals surface area contributed by atoms with Crippen LogP contribution in [0.4, 0.5) is 0 Å². The Balaban J connectivity index is 2.13. The van der Waals surface area contributed by atoms with Crippen molar-refractivity contribution in [3.63, 3.8) is 0 Å². The molecule has 2 heterocycles. The molecule has 0 aliphatic carbocycles. The molecule has 4 nitrogen and oxygen atoms in total. The highest BCUT2D eigenvalue weighted by Crippen LogP contribution is 2.24. The second-order valence-electron chi connectivity index (χ2n) is 3.31. The van der Waals surface area contributed by atoms with E-state index in [1.54, 1.807) is 6.21 Å². The number of fused-ring (bicyclic) bond motifs is 1. The van der Waals surface area contributed by atoms with Gasteiger partial charge in [-0.1, -0.05) is 0 Å². The fourth-order valence-electron chi connectivity index (χ4n) is 1.83. The SMILES string of the molecule is O=C(O)C1C=NCCC2CCN21. The molecule has 2 aliphatic rings. The van der Waals surface area contributed by atoms with Gasteiger partial charge in [-0.05, 0) is 12.8 Å². The van der Waals surface area contributed by atoms with E-state index < -0.39 is 12.0 Å². The van der Waals surface area contributed by atoms with Crippen molar-refractivity contribution in [2.75, 3.05) is 13.1 Å². The minimum Gasteiger partial charge on any atom is -0.480 e. The first-order chi connectivity index (χ1) is 5.79. The Morgan fingerprint density at radius 3 is 3.00 bits per heavy atom. The molecule has 2 rings (SSSR count). The summed E-state index contributed by atoms with van der Waals surface area (Å²) < 4.78 is 0. The maximum absolute atomic E-state index is 10.8. The number of rotatable bonds is 1. The molecule has 1 N–H and O–H groups in total. The number of hydrogen-bond acceptors (Lipinski definition) is 3. The molecule has 4 heteroatoms. The van der Waals surface area contributed by atoms with Crippen LogP contribution in [0.1, 0.15) is 12.8 Å². The molecular weight excluding hydrogens is 156 g/mol. The quantitative estimate of drug-likeness (QED) is 0.599. The predicted octanol–water partition coefficient (Wildman–Crippen LogP) is -0.0116. The van der Waals surface area contributed by atoms with Gasteiger partial charge in [0.05, 0.1) is 0 Å². The third kappa shape index (κ3) is 1.12. The van der Waals surface area contributed by atoms with E-state index in [0.717, 1.165) is 25.9 Å². The Bertz CT molecular complexity index is 227. The van der Waals surface area contributed by atoms with Crippen molar-refractivity contribution in [3.8, 4) is 0 Å². The number of carboxylic acid groups (broad SMARTS) is 1. The van der Waals surface area contributed by atoms with Gasteiger partial charge in [0.15, 0.2) is 0 Å². The maximum Gasteiger partial charge on any atom is 0.326 e. The van der Waals surface area contributed by atoms with Gasteiger partial charge in [-0.3, -0.25) is 14.7 Å². The molecule has 66 valence electrons. The van der Waals surface area contributed by atoms with E-state index in [4.69, 9.17) is 5.11 Å². The lowest BCUT2D eigenvalue weighted by molar-refractivity contribution is -0.143. The molecule has 1 fully saturated rings. The normalized spacial score (nSPS) is 35.0. The van der Waals surface area contributed by atoms with Gasteiger partial charge >= 0.3 is 5.97 Å². The summed E-state index contributed by atoms with van der Waals surface area (Å²) in [5.41, 5.74) is 0. The van der Waals surface area contributed by atoms with Crippen molar-refractivity contribution >= 4 is 12.2 Å². The molecule has 0 spiro atoms.